The lowest BCUT2D eigenvalue weighted by Crippen LogP contribution is -2.52. The molecule has 0 aliphatic carbocycles. The molecule has 2 atom stereocenters. The van der Waals surface area contributed by atoms with Crippen molar-refractivity contribution in [3.63, 3.8) is 0 Å². The van der Waals surface area contributed by atoms with Gasteiger partial charge in [-0.15, -0.1) is 0 Å². The molecule has 36 heavy (non-hydrogen) atoms. The van der Waals surface area contributed by atoms with E-state index in [1.165, 1.54) is 6.92 Å². The summed E-state index contributed by atoms with van der Waals surface area (Å²) in [6.07, 6.45) is 1.19. The van der Waals surface area contributed by atoms with Crippen molar-refractivity contribution in [1.29, 1.82) is 0 Å². The molecule has 3 N–H and O–H groups in total. The fraction of sp³-hybridized carbons (Fsp3) is 0.321. The fourth-order valence-electron chi connectivity index (χ4n) is 4.61. The highest BCUT2D eigenvalue weighted by molar-refractivity contribution is 6.02. The van der Waals surface area contributed by atoms with E-state index in [-0.39, 0.29) is 24.3 Å². The first kappa shape index (κ1) is 25.2. The first-order valence-corrected chi connectivity index (χ1v) is 12.1. The van der Waals surface area contributed by atoms with Crippen molar-refractivity contribution in [2.45, 2.75) is 45.3 Å². The van der Waals surface area contributed by atoms with Crippen molar-refractivity contribution in [3.8, 4) is 5.75 Å². The first-order chi connectivity index (χ1) is 17.3. The summed E-state index contributed by atoms with van der Waals surface area (Å²) in [5.41, 5.74) is 3.43. The van der Waals surface area contributed by atoms with Crippen LogP contribution in [0.1, 0.15) is 31.4 Å². The number of nitrogens with zero attached hydrogens (tertiary/aromatic N) is 1. The average molecular weight is 489 g/mol. The van der Waals surface area contributed by atoms with E-state index in [0.717, 1.165) is 27.6 Å². The van der Waals surface area contributed by atoms with Gasteiger partial charge < -0.3 is 25.6 Å². The predicted octanol–water partition coefficient (Wildman–Crippen LogP) is 3.38. The summed E-state index contributed by atoms with van der Waals surface area (Å²) in [5, 5.41) is 10.5. The number of aryl methyl sites for hydroxylation is 1. The number of amides is 3. The number of carbonyl (C=O) groups is 3. The minimum absolute atomic E-state index is 0.143. The maximum absolute atomic E-state index is 13.9. The van der Waals surface area contributed by atoms with E-state index in [1.807, 2.05) is 54.6 Å². The van der Waals surface area contributed by atoms with E-state index < -0.39 is 12.1 Å². The summed E-state index contributed by atoms with van der Waals surface area (Å²) in [7, 11) is 3.32. The van der Waals surface area contributed by atoms with Gasteiger partial charge >= 0.3 is 0 Å². The molecule has 0 bridgehead atoms. The van der Waals surface area contributed by atoms with Crippen LogP contribution < -0.4 is 25.6 Å². The molecule has 3 amide bonds. The van der Waals surface area contributed by atoms with Crippen LogP contribution in [-0.2, 0) is 27.3 Å². The summed E-state index contributed by atoms with van der Waals surface area (Å²) < 4.78 is 5.70. The molecule has 3 aromatic carbocycles. The third-order valence-corrected chi connectivity index (χ3v) is 6.64. The molecule has 0 spiro atoms. The zero-order valence-electron chi connectivity index (χ0n) is 21.1. The summed E-state index contributed by atoms with van der Waals surface area (Å²) in [4.78, 5) is 39.8. The van der Waals surface area contributed by atoms with E-state index in [9.17, 15) is 14.4 Å². The molecular weight excluding hydrogens is 456 g/mol. The molecule has 8 heteroatoms. The SMILES string of the molecule is CN[C@@H](C)C(=O)N[C@H]1CCc2ccccc2N(Cc2c(OC)ccc3cc(NC(C)=O)ccc23)C1=O. The zero-order chi connectivity index (χ0) is 25.8. The number of rotatable bonds is 7. The van der Waals surface area contributed by atoms with Gasteiger partial charge in [-0.3, -0.25) is 14.4 Å². The highest BCUT2D eigenvalue weighted by atomic mass is 16.5. The molecule has 1 aliphatic rings. The third-order valence-electron chi connectivity index (χ3n) is 6.64. The molecule has 188 valence electrons. The molecular formula is C28H32N4O4. The Balaban J connectivity index is 1.76. The van der Waals surface area contributed by atoms with Gasteiger partial charge in [0.15, 0.2) is 0 Å². The molecule has 0 aromatic heterocycles. The lowest BCUT2D eigenvalue weighted by atomic mass is 10.0. The second-order valence-electron chi connectivity index (χ2n) is 9.03. The van der Waals surface area contributed by atoms with E-state index in [4.69, 9.17) is 4.74 Å². The number of nitrogens with one attached hydrogen (secondary N) is 3. The zero-order valence-corrected chi connectivity index (χ0v) is 21.1. The quantitative estimate of drug-likeness (QED) is 0.474. The summed E-state index contributed by atoms with van der Waals surface area (Å²) in [6, 6.07) is 16.3. The molecule has 1 heterocycles. The van der Waals surface area contributed by atoms with Gasteiger partial charge in [-0.25, -0.2) is 0 Å². The van der Waals surface area contributed by atoms with Gasteiger partial charge in [0.05, 0.1) is 19.7 Å². The Morgan fingerprint density at radius 2 is 1.92 bits per heavy atom. The monoisotopic (exact) mass is 488 g/mol. The highest BCUT2D eigenvalue weighted by Gasteiger charge is 2.33. The smallest absolute Gasteiger partial charge is 0.249 e. The second kappa shape index (κ2) is 10.8. The van der Waals surface area contributed by atoms with Crippen LogP contribution in [0.2, 0.25) is 0 Å². The highest BCUT2D eigenvalue weighted by Crippen LogP contribution is 2.35. The number of hydrogen-bond acceptors (Lipinski definition) is 5. The summed E-state index contributed by atoms with van der Waals surface area (Å²) in [6.45, 7) is 3.50. The average Bonchev–Trinajstić information content (AvgIpc) is 3.00. The Labute approximate surface area is 211 Å². The second-order valence-corrected chi connectivity index (χ2v) is 9.03. The predicted molar refractivity (Wildman–Crippen MR) is 141 cm³/mol. The van der Waals surface area contributed by atoms with E-state index >= 15 is 0 Å². The Kier molecular flexibility index (Phi) is 7.55. The number of likely N-dealkylation sites (N-methyl/N-ethyl adjacent to an activating group) is 1. The van der Waals surface area contributed by atoms with Gasteiger partial charge in [-0.2, -0.15) is 0 Å². The van der Waals surface area contributed by atoms with Gasteiger partial charge in [-0.05, 0) is 67.4 Å². The normalized spacial score (nSPS) is 16.2. The minimum atomic E-state index is -0.645. The molecule has 8 nitrogen and oxygen atoms in total. The summed E-state index contributed by atoms with van der Waals surface area (Å²) >= 11 is 0. The lowest BCUT2D eigenvalue weighted by Gasteiger charge is -2.28. The number of anilines is 2. The fourth-order valence-corrected chi connectivity index (χ4v) is 4.61. The Morgan fingerprint density at radius 1 is 1.14 bits per heavy atom. The van der Waals surface area contributed by atoms with Crippen molar-refractivity contribution in [1.82, 2.24) is 10.6 Å². The van der Waals surface area contributed by atoms with Crippen molar-refractivity contribution in [2.75, 3.05) is 24.4 Å². The molecule has 3 aromatic rings. The van der Waals surface area contributed by atoms with Gasteiger partial charge in [-0.1, -0.05) is 30.3 Å². The standard InChI is InChI=1S/C28H32N4O4/c1-17(29-3)27(34)31-24-13-9-19-7-5-6-8-25(19)32(28(24)35)16-23-22-12-11-21(30-18(2)33)15-20(22)10-14-26(23)36-4/h5-8,10-12,14-15,17,24,29H,9,13,16H2,1-4H3,(H,30,33)(H,31,34)/t17-,24-/m0/s1. The van der Waals surface area contributed by atoms with Crippen LogP contribution in [0.15, 0.2) is 54.6 Å². The number of para-hydroxylation sites is 1. The maximum atomic E-state index is 13.9. The van der Waals surface area contributed by atoms with Crippen molar-refractivity contribution in [2.24, 2.45) is 0 Å². The molecule has 0 fully saturated rings. The topological polar surface area (TPSA) is 99.8 Å². The van der Waals surface area contributed by atoms with Crippen LogP contribution in [0.4, 0.5) is 11.4 Å². The van der Waals surface area contributed by atoms with Gasteiger partial charge in [0.2, 0.25) is 17.7 Å². The van der Waals surface area contributed by atoms with Gasteiger partial charge in [0.1, 0.15) is 11.8 Å². The Hall–Kier alpha value is -3.91. The third kappa shape index (κ3) is 5.18. The van der Waals surface area contributed by atoms with Gasteiger partial charge in [0, 0.05) is 23.9 Å². The molecule has 0 unspecified atom stereocenters. The minimum Gasteiger partial charge on any atom is -0.496 e. The van der Waals surface area contributed by atoms with Gasteiger partial charge in [0.25, 0.3) is 0 Å². The molecule has 0 saturated carbocycles. The van der Waals surface area contributed by atoms with Crippen LogP contribution in [-0.4, -0.2) is 44.0 Å². The first-order valence-electron chi connectivity index (χ1n) is 12.1. The molecule has 1 aliphatic heterocycles. The van der Waals surface area contributed by atoms with Crippen LogP contribution >= 0.6 is 0 Å². The van der Waals surface area contributed by atoms with Crippen molar-refractivity contribution >= 4 is 39.9 Å². The van der Waals surface area contributed by atoms with Crippen LogP contribution in [0, 0.1) is 0 Å². The van der Waals surface area contributed by atoms with E-state index in [1.54, 1.807) is 26.0 Å². The Morgan fingerprint density at radius 3 is 2.64 bits per heavy atom. The lowest BCUT2D eigenvalue weighted by molar-refractivity contribution is -0.128. The number of hydrogen-bond donors (Lipinski definition) is 3. The van der Waals surface area contributed by atoms with Crippen molar-refractivity contribution in [3.05, 3.63) is 65.7 Å². The van der Waals surface area contributed by atoms with Crippen molar-refractivity contribution < 1.29 is 19.1 Å². The number of ether oxygens (including phenoxy) is 1. The largest absolute Gasteiger partial charge is 0.496 e. The Bertz CT molecular complexity index is 1310. The van der Waals surface area contributed by atoms with E-state index in [0.29, 0.717) is 24.3 Å². The molecule has 0 saturated heterocycles. The molecule has 4 rings (SSSR count). The number of methoxy groups -OCH3 is 1. The molecule has 0 radical (unpaired) electrons. The number of fused-ring (bicyclic) bond motifs is 2. The van der Waals surface area contributed by atoms with E-state index in [2.05, 4.69) is 16.0 Å². The maximum Gasteiger partial charge on any atom is 0.249 e. The summed E-state index contributed by atoms with van der Waals surface area (Å²) in [5.74, 6) is 0.143. The van der Waals surface area contributed by atoms with Crippen LogP contribution in [0.5, 0.6) is 5.75 Å². The number of carbonyl (C=O) groups excluding carboxylic acids is 3. The van der Waals surface area contributed by atoms with Crippen LogP contribution in [0.25, 0.3) is 10.8 Å². The van der Waals surface area contributed by atoms with Crippen LogP contribution in [0.3, 0.4) is 0 Å². The number of benzene rings is 3.